The van der Waals surface area contributed by atoms with Crippen LogP contribution in [0.25, 0.3) is 0 Å². The zero-order chi connectivity index (χ0) is 6.97. The van der Waals surface area contributed by atoms with Crippen LogP contribution in [-0.4, -0.2) is 25.0 Å². The first-order chi connectivity index (χ1) is 4.88. The van der Waals surface area contributed by atoms with Crippen LogP contribution in [-0.2, 0) is 4.79 Å². The molecule has 11 heavy (non-hydrogen) atoms. The highest BCUT2D eigenvalue weighted by atomic mass is 35.5. The molecule has 2 saturated heterocycles. The number of carbonyl (C=O) groups excluding carboxylic acids is 1. The quantitative estimate of drug-likeness (QED) is 0.542. The van der Waals surface area contributed by atoms with E-state index in [0.29, 0.717) is 6.04 Å². The van der Waals surface area contributed by atoms with Crippen LogP contribution < -0.4 is 10.6 Å². The number of nitrogens with one attached hydrogen (secondary N) is 2. The Bertz CT molecular complexity index is 163. The molecular weight excluding hydrogens is 164 g/mol. The second-order valence-corrected chi connectivity index (χ2v) is 3.05. The van der Waals surface area contributed by atoms with Crippen molar-refractivity contribution in [1.82, 2.24) is 10.6 Å². The molecule has 0 bridgehead atoms. The van der Waals surface area contributed by atoms with E-state index in [-0.39, 0.29) is 24.2 Å². The maximum atomic E-state index is 11.1. The number of rotatable bonds is 0. The number of hydrogen-bond donors (Lipinski definition) is 2. The summed E-state index contributed by atoms with van der Waals surface area (Å²) in [5, 5.41) is 6.19. The molecule has 2 heterocycles. The van der Waals surface area contributed by atoms with Crippen molar-refractivity contribution in [2.45, 2.75) is 18.9 Å². The van der Waals surface area contributed by atoms with Crippen molar-refractivity contribution in [3.63, 3.8) is 0 Å². The summed E-state index contributed by atoms with van der Waals surface area (Å²) in [6, 6.07) is 0.432. The summed E-state index contributed by atoms with van der Waals surface area (Å²) >= 11 is 0. The monoisotopic (exact) mass is 176 g/mol. The van der Waals surface area contributed by atoms with Gasteiger partial charge in [-0.1, -0.05) is 0 Å². The summed E-state index contributed by atoms with van der Waals surface area (Å²) in [7, 11) is 0. The fourth-order valence-electron chi connectivity index (χ4n) is 1.82. The lowest BCUT2D eigenvalue weighted by atomic mass is 9.94. The Balaban J connectivity index is 0.000000605. The normalized spacial score (nSPS) is 35.5. The molecule has 2 fully saturated rings. The molecule has 2 unspecified atom stereocenters. The number of halogens is 1. The number of hydrogen-bond acceptors (Lipinski definition) is 2. The highest BCUT2D eigenvalue weighted by Crippen LogP contribution is 2.19. The van der Waals surface area contributed by atoms with E-state index < -0.39 is 0 Å². The summed E-state index contributed by atoms with van der Waals surface area (Å²) in [4.78, 5) is 11.1. The van der Waals surface area contributed by atoms with Crippen LogP contribution in [0.15, 0.2) is 0 Å². The lowest BCUT2D eigenvalue weighted by molar-refractivity contribution is -0.123. The first kappa shape index (κ1) is 8.81. The van der Waals surface area contributed by atoms with Crippen molar-refractivity contribution < 1.29 is 4.79 Å². The van der Waals surface area contributed by atoms with Gasteiger partial charge in [0.2, 0.25) is 5.91 Å². The number of fused-ring (bicyclic) bond motifs is 1. The minimum absolute atomic E-state index is 0. The van der Waals surface area contributed by atoms with Gasteiger partial charge in [0.05, 0.1) is 5.92 Å². The van der Waals surface area contributed by atoms with E-state index in [4.69, 9.17) is 0 Å². The molecule has 0 radical (unpaired) electrons. The molecule has 2 N–H and O–H groups in total. The van der Waals surface area contributed by atoms with Gasteiger partial charge in [-0.25, -0.2) is 0 Å². The molecule has 2 aliphatic heterocycles. The topological polar surface area (TPSA) is 41.1 Å². The van der Waals surface area contributed by atoms with Gasteiger partial charge in [0.15, 0.2) is 0 Å². The maximum Gasteiger partial charge on any atom is 0.224 e. The Hall–Kier alpha value is -0.280. The van der Waals surface area contributed by atoms with E-state index in [0.717, 1.165) is 25.9 Å². The average molecular weight is 177 g/mol. The van der Waals surface area contributed by atoms with E-state index in [1.165, 1.54) is 0 Å². The molecule has 0 aromatic rings. The van der Waals surface area contributed by atoms with Crippen molar-refractivity contribution in [3.05, 3.63) is 0 Å². The van der Waals surface area contributed by atoms with Gasteiger partial charge in [-0.05, 0) is 19.4 Å². The van der Waals surface area contributed by atoms with Crippen molar-refractivity contribution in [2.75, 3.05) is 13.1 Å². The average Bonchev–Trinajstić information content (AvgIpc) is 2.34. The maximum absolute atomic E-state index is 11.1. The zero-order valence-corrected chi connectivity index (χ0v) is 7.12. The Morgan fingerprint density at radius 3 is 3.00 bits per heavy atom. The van der Waals surface area contributed by atoms with Gasteiger partial charge in [0.1, 0.15) is 0 Å². The molecule has 0 spiro atoms. The highest BCUT2D eigenvalue weighted by Gasteiger charge is 2.35. The Kier molecular flexibility index (Phi) is 2.73. The third kappa shape index (κ3) is 1.49. The summed E-state index contributed by atoms with van der Waals surface area (Å²) in [6.07, 6.45) is 2.22. The molecule has 4 heteroatoms. The van der Waals surface area contributed by atoms with E-state index in [1.807, 2.05) is 0 Å². The first-order valence-electron chi connectivity index (χ1n) is 3.89. The van der Waals surface area contributed by atoms with Gasteiger partial charge in [-0.15, -0.1) is 12.4 Å². The second kappa shape index (κ2) is 3.41. The van der Waals surface area contributed by atoms with Crippen molar-refractivity contribution in [3.8, 4) is 0 Å². The van der Waals surface area contributed by atoms with Crippen LogP contribution in [0.3, 0.4) is 0 Å². The van der Waals surface area contributed by atoms with Gasteiger partial charge in [-0.2, -0.15) is 0 Å². The smallest absolute Gasteiger partial charge is 0.224 e. The van der Waals surface area contributed by atoms with Crippen LogP contribution in [0.1, 0.15) is 12.8 Å². The molecular formula is C7H13ClN2O. The van der Waals surface area contributed by atoms with E-state index in [2.05, 4.69) is 10.6 Å². The Morgan fingerprint density at radius 2 is 2.27 bits per heavy atom. The number of amides is 1. The second-order valence-electron chi connectivity index (χ2n) is 3.05. The minimum atomic E-state index is 0. The Labute approximate surface area is 72.3 Å². The third-order valence-corrected chi connectivity index (χ3v) is 2.42. The van der Waals surface area contributed by atoms with E-state index in [9.17, 15) is 4.79 Å². The summed E-state index contributed by atoms with van der Waals surface area (Å²) in [5.41, 5.74) is 0. The summed E-state index contributed by atoms with van der Waals surface area (Å²) < 4.78 is 0. The first-order valence-corrected chi connectivity index (χ1v) is 3.89. The zero-order valence-electron chi connectivity index (χ0n) is 6.30. The van der Waals surface area contributed by atoms with Crippen LogP contribution in [0.4, 0.5) is 0 Å². The van der Waals surface area contributed by atoms with Crippen LogP contribution in [0.5, 0.6) is 0 Å². The summed E-state index contributed by atoms with van der Waals surface area (Å²) in [6.45, 7) is 1.92. The van der Waals surface area contributed by atoms with Crippen LogP contribution in [0.2, 0.25) is 0 Å². The molecule has 0 aromatic heterocycles. The predicted octanol–water partition coefficient (Wildman–Crippen LogP) is -0.0938. The molecule has 0 aromatic carbocycles. The van der Waals surface area contributed by atoms with Gasteiger partial charge in [0.25, 0.3) is 0 Å². The standard InChI is InChI=1S/C7H12N2O.ClH/c10-7-5-2-1-3-8-6(5)4-9-7;/h5-6,8H,1-4H2,(H,9,10);1H. The lowest BCUT2D eigenvalue weighted by Gasteiger charge is -2.23. The molecule has 2 rings (SSSR count). The molecule has 3 nitrogen and oxygen atoms in total. The van der Waals surface area contributed by atoms with Crippen LogP contribution in [0, 0.1) is 5.92 Å². The lowest BCUT2D eigenvalue weighted by Crippen LogP contribution is -2.41. The van der Waals surface area contributed by atoms with Crippen LogP contribution >= 0.6 is 12.4 Å². The van der Waals surface area contributed by atoms with Crippen molar-refractivity contribution in [1.29, 1.82) is 0 Å². The van der Waals surface area contributed by atoms with Gasteiger partial charge in [0, 0.05) is 12.6 Å². The molecule has 0 saturated carbocycles. The molecule has 2 atom stereocenters. The van der Waals surface area contributed by atoms with Crippen molar-refractivity contribution >= 4 is 18.3 Å². The molecule has 1 amide bonds. The summed E-state index contributed by atoms with van der Waals surface area (Å²) in [5.74, 6) is 0.519. The molecule has 0 aliphatic carbocycles. The van der Waals surface area contributed by atoms with Gasteiger partial charge < -0.3 is 10.6 Å². The number of carbonyl (C=O) groups is 1. The number of piperidine rings is 1. The van der Waals surface area contributed by atoms with Gasteiger partial charge in [-0.3, -0.25) is 4.79 Å². The third-order valence-electron chi connectivity index (χ3n) is 2.42. The molecule has 2 aliphatic rings. The SMILES string of the molecule is Cl.O=C1NCC2NCCCC12. The Morgan fingerprint density at radius 1 is 1.45 bits per heavy atom. The predicted molar refractivity (Wildman–Crippen MR) is 44.8 cm³/mol. The fourth-order valence-corrected chi connectivity index (χ4v) is 1.82. The molecule has 64 valence electrons. The largest absolute Gasteiger partial charge is 0.354 e. The van der Waals surface area contributed by atoms with E-state index >= 15 is 0 Å². The minimum Gasteiger partial charge on any atom is -0.354 e. The van der Waals surface area contributed by atoms with Crippen molar-refractivity contribution in [2.24, 2.45) is 5.92 Å². The van der Waals surface area contributed by atoms with Gasteiger partial charge >= 0.3 is 0 Å². The highest BCUT2D eigenvalue weighted by molar-refractivity contribution is 5.85. The fraction of sp³-hybridized carbons (Fsp3) is 0.857. The van der Waals surface area contributed by atoms with E-state index in [1.54, 1.807) is 0 Å².